The summed E-state index contributed by atoms with van der Waals surface area (Å²) in [5, 5.41) is 9.71. The second-order valence-corrected chi connectivity index (χ2v) is 7.77. The number of nitrogens with zero attached hydrogens (tertiary/aromatic N) is 2. The number of carbonyl (C=O) groups is 1. The number of aromatic nitrogens is 2. The minimum absolute atomic E-state index is 0.169. The summed E-state index contributed by atoms with van der Waals surface area (Å²) in [4.78, 5) is 12.4. The summed E-state index contributed by atoms with van der Waals surface area (Å²) in [5.74, 6) is 0. The molecule has 1 heterocycles. The van der Waals surface area contributed by atoms with E-state index in [0.717, 1.165) is 17.4 Å². The number of amides is 2. The molecule has 0 saturated carbocycles. The number of hydrogen-bond acceptors (Lipinski definition) is 4. The van der Waals surface area contributed by atoms with E-state index in [2.05, 4.69) is 15.7 Å². The van der Waals surface area contributed by atoms with Crippen molar-refractivity contribution < 1.29 is 13.2 Å². The first-order valence-corrected chi connectivity index (χ1v) is 9.46. The fraction of sp³-hybridized carbons (Fsp3) is 0.375. The Labute approximate surface area is 142 Å². The maximum absolute atomic E-state index is 12.3. The molecule has 0 bridgehead atoms. The number of rotatable bonds is 5. The molecular formula is C16H22N4O3S. The number of urea groups is 1. The predicted molar refractivity (Wildman–Crippen MR) is 92.7 cm³/mol. The van der Waals surface area contributed by atoms with Crippen LogP contribution in [0.25, 0.3) is 0 Å². The van der Waals surface area contributed by atoms with Crippen molar-refractivity contribution in [1.82, 2.24) is 15.1 Å². The van der Waals surface area contributed by atoms with Gasteiger partial charge in [0, 0.05) is 30.8 Å². The highest BCUT2D eigenvalue weighted by Gasteiger charge is 2.16. The topological polar surface area (TPSA) is 93.1 Å². The quantitative estimate of drug-likeness (QED) is 0.866. The van der Waals surface area contributed by atoms with Gasteiger partial charge in [-0.25, -0.2) is 13.2 Å². The van der Waals surface area contributed by atoms with Gasteiger partial charge in [0.15, 0.2) is 9.84 Å². The second kappa shape index (κ2) is 7.04. The van der Waals surface area contributed by atoms with E-state index in [-0.39, 0.29) is 17.0 Å². The molecule has 0 fully saturated rings. The fourth-order valence-electron chi connectivity index (χ4n) is 2.32. The van der Waals surface area contributed by atoms with Crippen LogP contribution in [-0.4, -0.2) is 30.5 Å². The average Bonchev–Trinajstić information content (AvgIpc) is 2.92. The fourth-order valence-corrected chi connectivity index (χ4v) is 2.97. The van der Waals surface area contributed by atoms with E-state index in [9.17, 15) is 13.2 Å². The Kier molecular flexibility index (Phi) is 5.28. The average molecular weight is 350 g/mol. The molecule has 2 rings (SSSR count). The Bertz CT molecular complexity index is 843. The Balaban J connectivity index is 2.14. The maximum atomic E-state index is 12.3. The minimum atomic E-state index is -3.33. The monoisotopic (exact) mass is 350 g/mol. The van der Waals surface area contributed by atoms with Gasteiger partial charge in [-0.1, -0.05) is 13.0 Å². The normalized spacial score (nSPS) is 12.7. The molecule has 0 radical (unpaired) electrons. The summed E-state index contributed by atoms with van der Waals surface area (Å²) >= 11 is 0. The lowest BCUT2D eigenvalue weighted by Crippen LogP contribution is -2.32. The first-order chi connectivity index (χ1) is 11.2. The molecule has 2 amide bonds. The van der Waals surface area contributed by atoms with Crippen LogP contribution in [0.3, 0.4) is 0 Å². The lowest BCUT2D eigenvalue weighted by Gasteiger charge is -2.17. The molecule has 7 nitrogen and oxygen atoms in total. The summed E-state index contributed by atoms with van der Waals surface area (Å²) < 4.78 is 25.0. The largest absolute Gasteiger partial charge is 0.331 e. The van der Waals surface area contributed by atoms with E-state index in [1.54, 1.807) is 23.9 Å². The Hall–Kier alpha value is -2.35. The molecule has 0 saturated heterocycles. The molecule has 1 atom stereocenters. The molecule has 130 valence electrons. The highest BCUT2D eigenvalue weighted by Crippen LogP contribution is 2.21. The first kappa shape index (κ1) is 18.0. The van der Waals surface area contributed by atoms with E-state index in [1.165, 1.54) is 12.1 Å². The Morgan fingerprint density at radius 2 is 2.08 bits per heavy atom. The molecule has 0 aliphatic rings. The van der Waals surface area contributed by atoms with Crippen molar-refractivity contribution in [3.63, 3.8) is 0 Å². The van der Waals surface area contributed by atoms with Crippen molar-refractivity contribution in [3.05, 3.63) is 41.7 Å². The third kappa shape index (κ3) is 4.35. The number of carbonyl (C=O) groups excluding carboxylic acids is 1. The van der Waals surface area contributed by atoms with Gasteiger partial charge in [-0.2, -0.15) is 5.10 Å². The van der Waals surface area contributed by atoms with Crippen LogP contribution in [0.4, 0.5) is 10.5 Å². The van der Waals surface area contributed by atoms with Crippen molar-refractivity contribution in [2.45, 2.75) is 31.2 Å². The zero-order valence-corrected chi connectivity index (χ0v) is 15.0. The molecule has 2 N–H and O–H groups in total. The lowest BCUT2D eigenvalue weighted by atomic mass is 10.1. The van der Waals surface area contributed by atoms with Crippen molar-refractivity contribution >= 4 is 21.6 Å². The number of anilines is 1. The molecule has 0 aliphatic heterocycles. The summed E-state index contributed by atoms with van der Waals surface area (Å²) in [6.07, 6.45) is 5.41. The van der Waals surface area contributed by atoms with Crippen LogP contribution < -0.4 is 10.6 Å². The molecule has 0 spiro atoms. The summed E-state index contributed by atoms with van der Waals surface area (Å²) in [6.45, 7) is 3.77. The highest BCUT2D eigenvalue weighted by atomic mass is 32.2. The standard InChI is InChI=1S/C16H22N4O3S/c1-5-14(12-9-17-20(3)10-12)18-16(21)19-15-8-13(24(4,22)23)7-6-11(15)2/h6-10,14H,5H2,1-4H3,(H2,18,19,21)/t14-/m0/s1. The molecular weight excluding hydrogens is 328 g/mol. The van der Waals surface area contributed by atoms with Crippen molar-refractivity contribution in [1.29, 1.82) is 0 Å². The number of nitrogens with one attached hydrogen (secondary N) is 2. The van der Waals surface area contributed by atoms with Crippen LogP contribution in [0.2, 0.25) is 0 Å². The van der Waals surface area contributed by atoms with Crippen LogP contribution in [0.5, 0.6) is 0 Å². The van der Waals surface area contributed by atoms with Gasteiger partial charge in [0.2, 0.25) is 0 Å². The van der Waals surface area contributed by atoms with Gasteiger partial charge in [0.1, 0.15) is 0 Å². The van der Waals surface area contributed by atoms with Crippen LogP contribution in [-0.2, 0) is 16.9 Å². The highest BCUT2D eigenvalue weighted by molar-refractivity contribution is 7.90. The summed E-state index contributed by atoms with van der Waals surface area (Å²) in [6, 6.07) is 4.11. The summed E-state index contributed by atoms with van der Waals surface area (Å²) in [5.41, 5.74) is 2.17. The third-order valence-electron chi connectivity index (χ3n) is 3.73. The third-order valence-corrected chi connectivity index (χ3v) is 4.84. The van der Waals surface area contributed by atoms with Gasteiger partial charge >= 0.3 is 6.03 Å². The molecule has 1 aromatic carbocycles. The van der Waals surface area contributed by atoms with Crippen LogP contribution >= 0.6 is 0 Å². The van der Waals surface area contributed by atoms with E-state index in [1.807, 2.05) is 20.2 Å². The summed E-state index contributed by atoms with van der Waals surface area (Å²) in [7, 11) is -1.51. The molecule has 2 aromatic rings. The number of aryl methyl sites for hydroxylation is 2. The van der Waals surface area contributed by atoms with Crippen molar-refractivity contribution in [2.75, 3.05) is 11.6 Å². The Morgan fingerprint density at radius 1 is 1.38 bits per heavy atom. The zero-order chi connectivity index (χ0) is 17.9. The van der Waals surface area contributed by atoms with Crippen molar-refractivity contribution in [2.24, 2.45) is 7.05 Å². The predicted octanol–water partition coefficient (Wildman–Crippen LogP) is 2.40. The molecule has 24 heavy (non-hydrogen) atoms. The first-order valence-electron chi connectivity index (χ1n) is 7.57. The van der Waals surface area contributed by atoms with Gasteiger partial charge in [0.25, 0.3) is 0 Å². The minimum Gasteiger partial charge on any atom is -0.331 e. The van der Waals surface area contributed by atoms with E-state index < -0.39 is 9.84 Å². The van der Waals surface area contributed by atoms with Gasteiger partial charge in [-0.05, 0) is 31.0 Å². The van der Waals surface area contributed by atoms with E-state index in [0.29, 0.717) is 12.1 Å². The van der Waals surface area contributed by atoms with Crippen LogP contribution in [0.15, 0.2) is 35.5 Å². The maximum Gasteiger partial charge on any atom is 0.319 e. The van der Waals surface area contributed by atoms with Crippen LogP contribution in [0, 0.1) is 6.92 Å². The van der Waals surface area contributed by atoms with Gasteiger partial charge < -0.3 is 10.6 Å². The molecule has 8 heteroatoms. The smallest absolute Gasteiger partial charge is 0.319 e. The molecule has 1 aromatic heterocycles. The Morgan fingerprint density at radius 3 is 2.62 bits per heavy atom. The molecule has 0 aliphatic carbocycles. The van der Waals surface area contributed by atoms with E-state index in [4.69, 9.17) is 0 Å². The number of sulfone groups is 1. The van der Waals surface area contributed by atoms with Crippen LogP contribution in [0.1, 0.15) is 30.5 Å². The van der Waals surface area contributed by atoms with Gasteiger partial charge in [0.05, 0.1) is 17.1 Å². The van der Waals surface area contributed by atoms with Gasteiger partial charge in [-0.15, -0.1) is 0 Å². The second-order valence-electron chi connectivity index (χ2n) is 5.76. The number of hydrogen-bond donors (Lipinski definition) is 2. The lowest BCUT2D eigenvalue weighted by molar-refractivity contribution is 0.248. The number of benzene rings is 1. The van der Waals surface area contributed by atoms with E-state index >= 15 is 0 Å². The molecule has 0 unspecified atom stereocenters. The zero-order valence-electron chi connectivity index (χ0n) is 14.2. The van der Waals surface area contributed by atoms with Gasteiger partial charge in [-0.3, -0.25) is 4.68 Å². The SMILES string of the molecule is CC[C@H](NC(=O)Nc1cc(S(C)(=O)=O)ccc1C)c1cnn(C)c1. The van der Waals surface area contributed by atoms with Crippen molar-refractivity contribution in [3.8, 4) is 0 Å².